The van der Waals surface area contributed by atoms with Crippen LogP contribution in [-0.2, 0) is 20.1 Å². The van der Waals surface area contributed by atoms with Crippen LogP contribution >= 0.6 is 0 Å². The van der Waals surface area contributed by atoms with Crippen LogP contribution in [0.3, 0.4) is 0 Å². The lowest BCUT2D eigenvalue weighted by molar-refractivity contribution is 0.133. The summed E-state index contributed by atoms with van der Waals surface area (Å²) in [6, 6.07) is -0.227. The fourth-order valence-electron chi connectivity index (χ4n) is 2.07. The van der Waals surface area contributed by atoms with Gasteiger partial charge in [0.25, 0.3) is 10.1 Å². The van der Waals surface area contributed by atoms with Crippen LogP contribution in [0.4, 0.5) is 0 Å². The van der Waals surface area contributed by atoms with E-state index in [0.29, 0.717) is 25.7 Å². The number of rotatable bonds is 4. The molecule has 1 aliphatic rings. The first kappa shape index (κ1) is 14.8. The van der Waals surface area contributed by atoms with Gasteiger partial charge in [0.1, 0.15) is 0 Å². The Balaban J connectivity index is 2.52. The Kier molecular flexibility index (Phi) is 4.53. The third-order valence-corrected chi connectivity index (χ3v) is 4.62. The van der Waals surface area contributed by atoms with Crippen LogP contribution in [0.25, 0.3) is 0 Å². The molecule has 0 aliphatic heterocycles. The van der Waals surface area contributed by atoms with Gasteiger partial charge in [0.2, 0.25) is 10.0 Å². The smallest absolute Gasteiger partial charge is 0.292 e. The number of sulfonamides is 1. The van der Waals surface area contributed by atoms with Crippen molar-refractivity contribution in [2.24, 2.45) is 5.92 Å². The third-order valence-electron chi connectivity index (χ3n) is 2.86. The number of aliphatic hydroxyl groups is 1. The van der Waals surface area contributed by atoms with E-state index in [-0.39, 0.29) is 6.04 Å². The Hall–Kier alpha value is -0.220. The average Bonchev–Trinajstić information content (AvgIpc) is 2.14. The molecule has 7 nitrogen and oxygen atoms in total. The summed E-state index contributed by atoms with van der Waals surface area (Å²) in [7, 11) is -7.71. The molecule has 1 aliphatic carbocycles. The summed E-state index contributed by atoms with van der Waals surface area (Å²) >= 11 is 0. The quantitative estimate of drug-likeness (QED) is 0.588. The second kappa shape index (κ2) is 5.19. The first-order chi connectivity index (χ1) is 7.59. The molecule has 1 atom stereocenters. The average molecular weight is 287 g/mol. The fourth-order valence-corrected chi connectivity index (χ4v) is 3.67. The standard InChI is InChI=1S/C8H17NO6S2/c1-16(11,12)9-7-4-2-6(3-5-7)8(10)17(13,14)15/h6-10H,2-5H2,1H3,(H,13,14,15)/t6-,7-,8?. The molecule has 1 saturated carbocycles. The monoisotopic (exact) mass is 287 g/mol. The molecule has 0 aromatic rings. The van der Waals surface area contributed by atoms with E-state index in [4.69, 9.17) is 4.55 Å². The van der Waals surface area contributed by atoms with E-state index in [1.807, 2.05) is 0 Å². The van der Waals surface area contributed by atoms with Crippen molar-refractivity contribution in [1.29, 1.82) is 0 Å². The molecule has 0 heterocycles. The van der Waals surface area contributed by atoms with Crippen LogP contribution in [-0.4, -0.2) is 44.2 Å². The van der Waals surface area contributed by atoms with Gasteiger partial charge in [-0.2, -0.15) is 8.42 Å². The summed E-state index contributed by atoms with van der Waals surface area (Å²) in [6.45, 7) is 0. The maximum absolute atomic E-state index is 11.0. The van der Waals surface area contributed by atoms with Gasteiger partial charge in [-0.05, 0) is 25.7 Å². The van der Waals surface area contributed by atoms with E-state index in [9.17, 15) is 21.9 Å². The summed E-state index contributed by atoms with van der Waals surface area (Å²) < 4.78 is 54.6. The lowest BCUT2D eigenvalue weighted by Gasteiger charge is -2.30. The molecule has 102 valence electrons. The Morgan fingerprint density at radius 1 is 1.12 bits per heavy atom. The molecule has 1 unspecified atom stereocenters. The maximum Gasteiger partial charge on any atom is 0.292 e. The first-order valence-corrected chi connectivity index (χ1v) is 8.61. The largest absolute Gasteiger partial charge is 0.375 e. The van der Waals surface area contributed by atoms with E-state index < -0.39 is 31.5 Å². The third kappa shape index (κ3) is 4.88. The molecule has 0 saturated heterocycles. The van der Waals surface area contributed by atoms with Gasteiger partial charge in [0.05, 0.1) is 6.26 Å². The molecule has 0 spiro atoms. The normalized spacial score (nSPS) is 28.9. The van der Waals surface area contributed by atoms with Gasteiger partial charge in [-0.15, -0.1) is 0 Å². The van der Waals surface area contributed by atoms with Gasteiger partial charge in [0.15, 0.2) is 5.44 Å². The minimum Gasteiger partial charge on any atom is -0.375 e. The van der Waals surface area contributed by atoms with E-state index in [2.05, 4.69) is 4.72 Å². The highest BCUT2D eigenvalue weighted by Crippen LogP contribution is 2.28. The zero-order valence-electron chi connectivity index (χ0n) is 9.40. The summed E-state index contributed by atoms with van der Waals surface area (Å²) in [5, 5.41) is 9.35. The van der Waals surface area contributed by atoms with Gasteiger partial charge in [-0.25, -0.2) is 13.1 Å². The second-order valence-corrected chi connectivity index (χ2v) is 7.70. The van der Waals surface area contributed by atoms with Gasteiger partial charge in [-0.1, -0.05) is 0 Å². The zero-order chi connectivity index (χ0) is 13.3. The maximum atomic E-state index is 11.0. The molecular weight excluding hydrogens is 270 g/mol. The Morgan fingerprint density at radius 3 is 1.94 bits per heavy atom. The molecule has 0 bridgehead atoms. The van der Waals surface area contributed by atoms with Gasteiger partial charge in [0, 0.05) is 12.0 Å². The van der Waals surface area contributed by atoms with E-state index >= 15 is 0 Å². The van der Waals surface area contributed by atoms with Crippen molar-refractivity contribution in [2.75, 3.05) is 6.26 Å². The van der Waals surface area contributed by atoms with Crippen LogP contribution in [0.2, 0.25) is 0 Å². The van der Waals surface area contributed by atoms with Crippen LogP contribution in [0.1, 0.15) is 25.7 Å². The van der Waals surface area contributed by atoms with Crippen LogP contribution in [0.15, 0.2) is 0 Å². The molecule has 1 rings (SSSR count). The van der Waals surface area contributed by atoms with Gasteiger partial charge >= 0.3 is 0 Å². The topological polar surface area (TPSA) is 121 Å². The number of hydrogen-bond donors (Lipinski definition) is 3. The van der Waals surface area contributed by atoms with Crippen molar-refractivity contribution in [3.8, 4) is 0 Å². The van der Waals surface area contributed by atoms with E-state index in [0.717, 1.165) is 6.26 Å². The highest BCUT2D eigenvalue weighted by atomic mass is 32.2. The lowest BCUT2D eigenvalue weighted by atomic mass is 9.87. The summed E-state index contributed by atoms with van der Waals surface area (Å²) in [4.78, 5) is 0. The van der Waals surface area contributed by atoms with Gasteiger partial charge < -0.3 is 5.11 Å². The molecule has 0 radical (unpaired) electrons. The zero-order valence-corrected chi connectivity index (χ0v) is 11.0. The Labute approximate surface area is 101 Å². The lowest BCUT2D eigenvalue weighted by Crippen LogP contribution is -2.40. The van der Waals surface area contributed by atoms with Crippen molar-refractivity contribution in [2.45, 2.75) is 37.2 Å². The highest BCUT2D eigenvalue weighted by molar-refractivity contribution is 7.88. The van der Waals surface area contributed by atoms with Crippen molar-refractivity contribution in [3.05, 3.63) is 0 Å². The number of nitrogens with one attached hydrogen (secondary N) is 1. The molecule has 0 aromatic carbocycles. The molecule has 1 fully saturated rings. The van der Waals surface area contributed by atoms with Crippen LogP contribution in [0.5, 0.6) is 0 Å². The highest BCUT2D eigenvalue weighted by Gasteiger charge is 2.33. The van der Waals surface area contributed by atoms with Crippen molar-refractivity contribution < 1.29 is 26.5 Å². The molecule has 9 heteroatoms. The summed E-state index contributed by atoms with van der Waals surface area (Å²) in [5.41, 5.74) is -1.78. The minimum atomic E-state index is -4.44. The van der Waals surface area contributed by atoms with Crippen molar-refractivity contribution in [1.82, 2.24) is 4.72 Å². The van der Waals surface area contributed by atoms with Crippen LogP contribution in [0, 0.1) is 5.92 Å². The Morgan fingerprint density at radius 2 is 1.59 bits per heavy atom. The van der Waals surface area contributed by atoms with E-state index in [1.54, 1.807) is 0 Å². The molecular formula is C8H17NO6S2. The molecule has 17 heavy (non-hydrogen) atoms. The summed E-state index contributed by atoms with van der Waals surface area (Å²) in [5.74, 6) is -0.539. The summed E-state index contributed by atoms with van der Waals surface area (Å²) in [6.07, 6.45) is 2.67. The fraction of sp³-hybridized carbons (Fsp3) is 1.00. The van der Waals surface area contributed by atoms with Crippen molar-refractivity contribution >= 4 is 20.1 Å². The van der Waals surface area contributed by atoms with Crippen LogP contribution < -0.4 is 4.72 Å². The first-order valence-electron chi connectivity index (χ1n) is 5.21. The number of aliphatic hydroxyl groups excluding tert-OH is 1. The van der Waals surface area contributed by atoms with E-state index in [1.165, 1.54) is 0 Å². The molecule has 0 aromatic heterocycles. The predicted molar refractivity (Wildman–Crippen MR) is 61.3 cm³/mol. The van der Waals surface area contributed by atoms with Gasteiger partial charge in [-0.3, -0.25) is 4.55 Å². The second-order valence-electron chi connectivity index (χ2n) is 4.41. The molecule has 3 N–H and O–H groups in total. The molecule has 0 amide bonds. The number of hydrogen-bond acceptors (Lipinski definition) is 5. The minimum absolute atomic E-state index is 0.227. The predicted octanol–water partition coefficient (Wildman–Crippen LogP) is -0.699. The SMILES string of the molecule is CS(=O)(=O)N[C@H]1CC[C@H](C(O)S(=O)(=O)O)CC1. The van der Waals surface area contributed by atoms with Crippen molar-refractivity contribution in [3.63, 3.8) is 0 Å². The Bertz CT molecular complexity index is 448.